The maximum absolute atomic E-state index is 12.9. The van der Waals surface area contributed by atoms with Crippen LogP contribution in [-0.4, -0.2) is 0 Å². The van der Waals surface area contributed by atoms with Crippen LogP contribution in [0.1, 0.15) is 5.56 Å². The summed E-state index contributed by atoms with van der Waals surface area (Å²) in [4.78, 5) is 0. The first-order chi connectivity index (χ1) is 5.74. The van der Waals surface area contributed by atoms with E-state index in [-0.39, 0.29) is 5.82 Å². The second-order valence-corrected chi connectivity index (χ2v) is 2.56. The summed E-state index contributed by atoms with van der Waals surface area (Å²) in [6.07, 6.45) is 2.58. The van der Waals surface area contributed by atoms with Crippen molar-refractivity contribution in [1.29, 1.82) is 5.26 Å². The predicted octanol–water partition coefficient (Wildman–Crippen LogP) is 3.02. The van der Waals surface area contributed by atoms with Crippen LogP contribution in [0.15, 0.2) is 24.3 Å². The van der Waals surface area contributed by atoms with E-state index in [1.165, 1.54) is 30.4 Å². The molecule has 0 aliphatic heterocycles. The van der Waals surface area contributed by atoms with Crippen molar-refractivity contribution in [3.63, 3.8) is 0 Å². The van der Waals surface area contributed by atoms with Gasteiger partial charge in [-0.15, -0.1) is 0 Å². The lowest BCUT2D eigenvalue weighted by Gasteiger charge is -1.95. The van der Waals surface area contributed by atoms with Gasteiger partial charge >= 0.3 is 0 Å². The monoisotopic (exact) mass is 181 g/mol. The van der Waals surface area contributed by atoms with Crippen LogP contribution in [0.4, 0.5) is 4.39 Å². The maximum atomic E-state index is 12.9. The number of halogens is 2. The zero-order chi connectivity index (χ0) is 8.97. The van der Waals surface area contributed by atoms with Gasteiger partial charge in [-0.05, 0) is 24.3 Å². The molecule has 0 aliphatic carbocycles. The molecule has 1 nitrogen and oxygen atoms in total. The molecule has 0 heterocycles. The molecule has 1 rings (SSSR count). The van der Waals surface area contributed by atoms with Crippen molar-refractivity contribution in [3.05, 3.63) is 40.7 Å². The van der Waals surface area contributed by atoms with Crippen LogP contribution in [0.2, 0.25) is 5.02 Å². The van der Waals surface area contributed by atoms with E-state index in [0.29, 0.717) is 10.6 Å². The summed E-state index contributed by atoms with van der Waals surface area (Å²) < 4.78 is 12.9. The number of hydrogen-bond acceptors (Lipinski definition) is 1. The predicted molar refractivity (Wildman–Crippen MR) is 46.1 cm³/mol. The Morgan fingerprint density at radius 2 is 2.25 bits per heavy atom. The van der Waals surface area contributed by atoms with Crippen molar-refractivity contribution < 1.29 is 4.39 Å². The lowest BCUT2D eigenvalue weighted by Crippen LogP contribution is -1.80. The first kappa shape index (κ1) is 8.76. The number of nitriles is 1. The first-order valence-corrected chi connectivity index (χ1v) is 3.63. The molecule has 0 atom stereocenters. The van der Waals surface area contributed by atoms with E-state index < -0.39 is 0 Å². The van der Waals surface area contributed by atoms with Gasteiger partial charge in [-0.1, -0.05) is 11.6 Å². The number of nitrogens with zero attached hydrogens (tertiary/aromatic N) is 1. The van der Waals surface area contributed by atoms with Crippen LogP contribution in [-0.2, 0) is 0 Å². The van der Waals surface area contributed by atoms with Gasteiger partial charge in [0, 0.05) is 16.7 Å². The van der Waals surface area contributed by atoms with Crippen LogP contribution in [0.3, 0.4) is 0 Å². The quantitative estimate of drug-likeness (QED) is 0.611. The van der Waals surface area contributed by atoms with Gasteiger partial charge in [0.2, 0.25) is 0 Å². The van der Waals surface area contributed by atoms with Crippen LogP contribution in [0.5, 0.6) is 0 Å². The van der Waals surface area contributed by atoms with Crippen molar-refractivity contribution in [2.45, 2.75) is 0 Å². The van der Waals surface area contributed by atoms with Crippen LogP contribution >= 0.6 is 11.6 Å². The maximum Gasteiger partial charge on any atom is 0.130 e. The molecule has 0 spiro atoms. The fraction of sp³-hybridized carbons (Fsp3) is 0. The van der Waals surface area contributed by atoms with E-state index in [4.69, 9.17) is 16.9 Å². The Morgan fingerprint density at radius 3 is 2.92 bits per heavy atom. The van der Waals surface area contributed by atoms with Gasteiger partial charge in [-0.3, -0.25) is 0 Å². The number of hydrogen-bond donors (Lipinski definition) is 0. The van der Waals surface area contributed by atoms with Crippen LogP contribution in [0.25, 0.3) is 6.08 Å². The van der Waals surface area contributed by atoms with Crippen molar-refractivity contribution in [2.24, 2.45) is 0 Å². The van der Waals surface area contributed by atoms with Gasteiger partial charge < -0.3 is 0 Å². The molecule has 1 aromatic rings. The van der Waals surface area contributed by atoms with Gasteiger partial charge in [0.1, 0.15) is 5.82 Å². The van der Waals surface area contributed by atoms with Crippen LogP contribution in [0, 0.1) is 17.1 Å². The molecular formula is C9H5ClFN. The molecule has 0 N–H and O–H groups in total. The van der Waals surface area contributed by atoms with Gasteiger partial charge in [0.25, 0.3) is 0 Å². The lowest BCUT2D eigenvalue weighted by atomic mass is 10.2. The summed E-state index contributed by atoms with van der Waals surface area (Å²) in [5.74, 6) is -0.383. The second kappa shape index (κ2) is 3.89. The third kappa shape index (κ3) is 2.08. The summed E-state index contributed by atoms with van der Waals surface area (Å²) in [5.41, 5.74) is 0.323. The highest BCUT2D eigenvalue weighted by Gasteiger charge is 1.97. The van der Waals surface area contributed by atoms with E-state index in [1.54, 1.807) is 6.07 Å². The van der Waals surface area contributed by atoms with Crippen molar-refractivity contribution >= 4 is 17.7 Å². The summed E-state index contributed by atoms with van der Waals surface area (Å²) in [7, 11) is 0. The molecule has 0 aromatic heterocycles. The van der Waals surface area contributed by atoms with Crippen LogP contribution < -0.4 is 0 Å². The molecule has 60 valence electrons. The SMILES string of the molecule is N#CC=Cc1cc(Cl)ccc1F. The largest absolute Gasteiger partial charge is 0.206 e. The molecule has 12 heavy (non-hydrogen) atoms. The van der Waals surface area contributed by atoms with E-state index in [9.17, 15) is 4.39 Å². The minimum absolute atomic E-state index is 0.323. The number of allylic oxidation sites excluding steroid dienone is 1. The molecule has 3 heteroatoms. The van der Waals surface area contributed by atoms with Gasteiger partial charge in [0.05, 0.1) is 6.07 Å². The molecule has 0 saturated heterocycles. The fourth-order valence-electron chi connectivity index (χ4n) is 0.769. The third-order valence-corrected chi connectivity index (χ3v) is 1.53. The second-order valence-electron chi connectivity index (χ2n) is 2.13. The third-order valence-electron chi connectivity index (χ3n) is 1.30. The zero-order valence-electron chi connectivity index (χ0n) is 6.09. The van der Waals surface area contributed by atoms with Crippen molar-refractivity contribution in [3.8, 4) is 6.07 Å². The minimum atomic E-state index is -0.383. The number of rotatable bonds is 1. The zero-order valence-corrected chi connectivity index (χ0v) is 6.85. The van der Waals surface area contributed by atoms with Gasteiger partial charge in [0.15, 0.2) is 0 Å². The Balaban J connectivity index is 3.07. The smallest absolute Gasteiger partial charge is 0.130 e. The highest BCUT2D eigenvalue weighted by atomic mass is 35.5. The Labute approximate surface area is 74.7 Å². The molecule has 0 fully saturated rings. The molecule has 0 radical (unpaired) electrons. The van der Waals surface area contributed by atoms with E-state index in [0.717, 1.165) is 0 Å². The fourth-order valence-corrected chi connectivity index (χ4v) is 0.950. The summed E-state index contributed by atoms with van der Waals surface area (Å²) in [5, 5.41) is 8.65. The highest BCUT2D eigenvalue weighted by molar-refractivity contribution is 6.30. The Bertz CT molecular complexity index is 352. The minimum Gasteiger partial charge on any atom is -0.206 e. The van der Waals surface area contributed by atoms with Gasteiger partial charge in [-0.2, -0.15) is 5.26 Å². The Hall–Kier alpha value is -1.33. The highest BCUT2D eigenvalue weighted by Crippen LogP contribution is 2.15. The first-order valence-electron chi connectivity index (χ1n) is 3.25. The summed E-state index contributed by atoms with van der Waals surface area (Å²) >= 11 is 5.61. The normalized spacial score (nSPS) is 10.1. The lowest BCUT2D eigenvalue weighted by molar-refractivity contribution is 0.625. The Morgan fingerprint density at radius 1 is 1.50 bits per heavy atom. The Kier molecular flexibility index (Phi) is 2.84. The molecular weight excluding hydrogens is 177 g/mol. The van der Waals surface area contributed by atoms with E-state index in [2.05, 4.69) is 0 Å². The molecule has 0 saturated carbocycles. The standard InChI is InChI=1S/C9H5ClFN/c10-8-3-4-9(11)7(6-8)2-1-5-12/h1-4,6H. The summed E-state index contributed by atoms with van der Waals surface area (Å²) in [6.45, 7) is 0. The van der Waals surface area contributed by atoms with E-state index in [1.807, 2.05) is 0 Å². The molecule has 0 amide bonds. The average Bonchev–Trinajstić information content (AvgIpc) is 2.07. The molecule has 1 aromatic carbocycles. The van der Waals surface area contributed by atoms with Gasteiger partial charge in [-0.25, -0.2) is 4.39 Å². The van der Waals surface area contributed by atoms with E-state index >= 15 is 0 Å². The summed E-state index contributed by atoms with van der Waals surface area (Å²) in [6, 6.07) is 5.96. The topological polar surface area (TPSA) is 23.8 Å². The molecule has 0 bridgehead atoms. The average molecular weight is 182 g/mol. The number of benzene rings is 1. The van der Waals surface area contributed by atoms with Crippen molar-refractivity contribution in [2.75, 3.05) is 0 Å². The van der Waals surface area contributed by atoms with Crippen molar-refractivity contribution in [1.82, 2.24) is 0 Å². The molecule has 0 unspecified atom stereocenters. The molecule has 0 aliphatic rings.